The molecule has 0 saturated heterocycles. The quantitative estimate of drug-likeness (QED) is 0.328. The molecule has 0 N–H and O–H groups in total. The summed E-state index contributed by atoms with van der Waals surface area (Å²) in [6, 6.07) is 15.8. The summed E-state index contributed by atoms with van der Waals surface area (Å²) >= 11 is 4.87. The minimum atomic E-state index is 0.0872. The van der Waals surface area contributed by atoms with Crippen LogP contribution in [0.25, 0.3) is 11.3 Å². The Morgan fingerprint density at radius 3 is 2.67 bits per heavy atom. The van der Waals surface area contributed by atoms with Crippen molar-refractivity contribution < 1.29 is 4.79 Å². The number of Topliss-reactive ketones (excluding diaryl/α,β-unsaturated/α-hetero) is 1. The molecule has 0 aliphatic carbocycles. The van der Waals surface area contributed by atoms with Crippen LogP contribution in [0.2, 0.25) is 0 Å². The summed E-state index contributed by atoms with van der Waals surface area (Å²) in [6.07, 6.45) is 1.90. The second-order valence-corrected chi connectivity index (χ2v) is 8.08. The van der Waals surface area contributed by atoms with E-state index in [2.05, 4.69) is 30.7 Å². The molecule has 1 aromatic carbocycles. The average Bonchev–Trinajstić information content (AvgIpc) is 3.21. The molecule has 4 aromatic rings. The smallest absolute Gasteiger partial charge is 0.196 e. The number of nitrogens with zero attached hydrogens (tertiary/aromatic N) is 4. The van der Waals surface area contributed by atoms with E-state index in [1.54, 1.807) is 0 Å². The largest absolute Gasteiger partial charge is 0.318 e. The molecular weight excluding hydrogens is 424 g/mol. The number of ketones is 1. The molecule has 0 saturated carbocycles. The van der Waals surface area contributed by atoms with E-state index in [4.69, 9.17) is 0 Å². The molecule has 3 heterocycles. The topological polar surface area (TPSA) is 52.2 Å². The van der Waals surface area contributed by atoms with Gasteiger partial charge in [-0.2, -0.15) is 0 Å². The lowest BCUT2D eigenvalue weighted by Crippen LogP contribution is -2.06. The lowest BCUT2D eigenvalue weighted by Gasteiger charge is -2.10. The van der Waals surface area contributed by atoms with Gasteiger partial charge in [-0.25, -0.2) is 0 Å². The first-order valence-electron chi connectivity index (χ1n) is 8.45. The number of halogens is 1. The number of carbonyl (C=O) groups is 1. The van der Waals surface area contributed by atoms with Gasteiger partial charge in [0.1, 0.15) is 0 Å². The lowest BCUT2D eigenvalue weighted by molar-refractivity contribution is 0.102. The summed E-state index contributed by atoms with van der Waals surface area (Å²) in [5.74, 6) is 0.407. The number of carbonyl (C=O) groups excluding carboxylic acids is 1. The number of benzene rings is 1. The van der Waals surface area contributed by atoms with E-state index >= 15 is 0 Å². The molecule has 0 bridgehead atoms. The van der Waals surface area contributed by atoms with Gasteiger partial charge < -0.3 is 4.57 Å². The maximum absolute atomic E-state index is 12.8. The predicted octanol–water partition coefficient (Wildman–Crippen LogP) is 4.87. The molecule has 0 unspecified atom stereocenters. The zero-order valence-electron chi connectivity index (χ0n) is 14.9. The molecule has 0 aliphatic heterocycles. The Labute approximate surface area is 169 Å². The highest BCUT2D eigenvalue weighted by molar-refractivity contribution is 9.10. The Hall–Kier alpha value is -2.38. The van der Waals surface area contributed by atoms with Crippen LogP contribution in [0, 0.1) is 13.8 Å². The van der Waals surface area contributed by atoms with Gasteiger partial charge in [0.2, 0.25) is 0 Å². The van der Waals surface area contributed by atoms with Gasteiger partial charge in [-0.3, -0.25) is 9.20 Å². The Morgan fingerprint density at radius 1 is 1.11 bits per heavy atom. The molecule has 7 heteroatoms. The van der Waals surface area contributed by atoms with Crippen LogP contribution in [-0.4, -0.2) is 30.7 Å². The third-order valence-corrected chi connectivity index (χ3v) is 5.90. The van der Waals surface area contributed by atoms with Gasteiger partial charge in [0.05, 0.1) is 5.75 Å². The van der Waals surface area contributed by atoms with Gasteiger partial charge in [0.15, 0.2) is 16.6 Å². The van der Waals surface area contributed by atoms with Gasteiger partial charge in [-0.15, -0.1) is 10.2 Å². The molecule has 0 radical (unpaired) electrons. The van der Waals surface area contributed by atoms with E-state index in [1.807, 2.05) is 73.0 Å². The first kappa shape index (κ1) is 18.0. The minimum Gasteiger partial charge on any atom is -0.318 e. The van der Waals surface area contributed by atoms with Gasteiger partial charge in [0, 0.05) is 33.3 Å². The van der Waals surface area contributed by atoms with E-state index in [1.165, 1.54) is 11.8 Å². The van der Waals surface area contributed by atoms with Gasteiger partial charge >= 0.3 is 0 Å². The van der Waals surface area contributed by atoms with Crippen molar-refractivity contribution in [2.24, 2.45) is 0 Å². The summed E-state index contributed by atoms with van der Waals surface area (Å²) in [5, 5.41) is 9.02. The van der Waals surface area contributed by atoms with Crippen LogP contribution < -0.4 is 0 Å². The fourth-order valence-corrected chi connectivity index (χ4v) is 4.23. The van der Waals surface area contributed by atoms with Crippen molar-refractivity contribution in [3.05, 3.63) is 76.2 Å². The SMILES string of the molecule is Cc1cc(C(=O)CSc2nnc3ccccn23)c(C)n1-c1ccc(Br)cc1. The number of rotatable bonds is 5. The first-order valence-corrected chi connectivity index (χ1v) is 10.2. The number of thioether (sulfide) groups is 1. The molecular formula is C20H17BrN4OS. The van der Waals surface area contributed by atoms with Crippen LogP contribution in [-0.2, 0) is 0 Å². The first-order chi connectivity index (χ1) is 13.0. The third-order valence-electron chi connectivity index (χ3n) is 4.43. The summed E-state index contributed by atoms with van der Waals surface area (Å²) < 4.78 is 5.03. The van der Waals surface area contributed by atoms with Crippen molar-refractivity contribution in [1.82, 2.24) is 19.2 Å². The van der Waals surface area contributed by atoms with Crippen molar-refractivity contribution >= 4 is 39.1 Å². The lowest BCUT2D eigenvalue weighted by atomic mass is 10.2. The second kappa shape index (κ2) is 7.32. The maximum Gasteiger partial charge on any atom is 0.196 e. The highest BCUT2D eigenvalue weighted by Gasteiger charge is 2.18. The zero-order valence-corrected chi connectivity index (χ0v) is 17.3. The summed E-state index contributed by atoms with van der Waals surface area (Å²) in [6.45, 7) is 4.00. The van der Waals surface area contributed by atoms with Crippen LogP contribution in [0.1, 0.15) is 21.7 Å². The minimum absolute atomic E-state index is 0.0872. The number of aromatic nitrogens is 4. The van der Waals surface area contributed by atoms with Crippen molar-refractivity contribution in [2.45, 2.75) is 19.0 Å². The molecule has 5 nitrogen and oxygen atoms in total. The second-order valence-electron chi connectivity index (χ2n) is 6.22. The Morgan fingerprint density at radius 2 is 1.89 bits per heavy atom. The van der Waals surface area contributed by atoms with Crippen LogP contribution in [0.5, 0.6) is 0 Å². The van der Waals surface area contributed by atoms with Crippen LogP contribution in [0.15, 0.2) is 64.4 Å². The molecule has 0 aliphatic rings. The number of hydrogen-bond acceptors (Lipinski definition) is 4. The highest BCUT2D eigenvalue weighted by Crippen LogP contribution is 2.25. The average molecular weight is 441 g/mol. The number of fused-ring (bicyclic) bond motifs is 1. The molecule has 0 atom stereocenters. The standard InChI is InChI=1S/C20H17BrN4OS/c1-13-11-17(14(2)25(13)16-8-6-15(21)7-9-16)18(26)12-27-20-23-22-19-5-3-4-10-24(19)20/h3-11H,12H2,1-2H3. The van der Waals surface area contributed by atoms with Gasteiger partial charge in [-0.05, 0) is 56.3 Å². The molecule has 3 aromatic heterocycles. The summed E-state index contributed by atoms with van der Waals surface area (Å²) in [4.78, 5) is 12.8. The van der Waals surface area contributed by atoms with Crippen LogP contribution in [0.3, 0.4) is 0 Å². The monoisotopic (exact) mass is 440 g/mol. The Kier molecular flexibility index (Phi) is 4.88. The fourth-order valence-electron chi connectivity index (χ4n) is 3.16. The molecule has 4 rings (SSSR count). The zero-order chi connectivity index (χ0) is 19.0. The number of hydrogen-bond donors (Lipinski definition) is 0. The molecule has 0 fully saturated rings. The molecule has 27 heavy (non-hydrogen) atoms. The van der Waals surface area contributed by atoms with E-state index in [0.717, 1.165) is 37.9 Å². The van der Waals surface area contributed by atoms with Crippen molar-refractivity contribution in [3.8, 4) is 5.69 Å². The van der Waals surface area contributed by atoms with Crippen LogP contribution in [0.4, 0.5) is 0 Å². The van der Waals surface area contributed by atoms with Crippen molar-refractivity contribution in [2.75, 3.05) is 5.75 Å². The maximum atomic E-state index is 12.8. The van der Waals surface area contributed by atoms with Crippen molar-refractivity contribution in [1.29, 1.82) is 0 Å². The summed E-state index contributed by atoms with van der Waals surface area (Å²) in [7, 11) is 0. The highest BCUT2D eigenvalue weighted by atomic mass is 79.9. The third kappa shape index (κ3) is 3.44. The number of aryl methyl sites for hydroxylation is 1. The van der Waals surface area contributed by atoms with Gasteiger partial charge in [0.25, 0.3) is 0 Å². The van der Waals surface area contributed by atoms with E-state index in [9.17, 15) is 4.79 Å². The van der Waals surface area contributed by atoms with E-state index < -0.39 is 0 Å². The van der Waals surface area contributed by atoms with Crippen molar-refractivity contribution in [3.63, 3.8) is 0 Å². The number of pyridine rings is 1. The summed E-state index contributed by atoms with van der Waals surface area (Å²) in [5.41, 5.74) is 4.56. The van der Waals surface area contributed by atoms with Crippen LogP contribution >= 0.6 is 27.7 Å². The van der Waals surface area contributed by atoms with E-state index in [0.29, 0.717) is 5.75 Å². The molecule has 136 valence electrons. The van der Waals surface area contributed by atoms with Gasteiger partial charge in [-0.1, -0.05) is 33.8 Å². The molecule has 0 amide bonds. The fraction of sp³-hybridized carbons (Fsp3) is 0.150. The predicted molar refractivity (Wildman–Crippen MR) is 111 cm³/mol. The normalized spacial score (nSPS) is 11.2. The Bertz CT molecular complexity index is 1130. The Balaban J connectivity index is 1.57. The molecule has 0 spiro atoms. The van der Waals surface area contributed by atoms with E-state index in [-0.39, 0.29) is 5.78 Å².